The maximum atomic E-state index is 13.2. The Bertz CT molecular complexity index is 486. The van der Waals surface area contributed by atoms with Crippen molar-refractivity contribution in [1.82, 2.24) is 4.90 Å². The van der Waals surface area contributed by atoms with Crippen molar-refractivity contribution in [1.29, 1.82) is 0 Å². The number of benzene rings is 1. The van der Waals surface area contributed by atoms with Crippen LogP contribution in [0.1, 0.15) is 30.1 Å². The molecule has 0 aromatic heterocycles. The molecule has 0 spiro atoms. The third-order valence-electron chi connectivity index (χ3n) is 3.78. The molecule has 1 amide bonds. The smallest absolute Gasteiger partial charge is 0.254 e. The summed E-state index contributed by atoms with van der Waals surface area (Å²) in [7, 11) is 0. The van der Waals surface area contributed by atoms with Crippen LogP contribution in [0.15, 0.2) is 22.7 Å². The van der Waals surface area contributed by atoms with Crippen LogP contribution in [0.3, 0.4) is 0 Å². The summed E-state index contributed by atoms with van der Waals surface area (Å²) in [4.78, 5) is 14.3. The monoisotopic (exact) mass is 364 g/mol. The summed E-state index contributed by atoms with van der Waals surface area (Å²) in [5.41, 5.74) is 6.29. The number of hydrogen-bond donors (Lipinski definition) is 1. The van der Waals surface area contributed by atoms with E-state index < -0.39 is 0 Å². The largest absolute Gasteiger partial charge is 0.334 e. The summed E-state index contributed by atoms with van der Waals surface area (Å²) in [5, 5.41) is 0. The van der Waals surface area contributed by atoms with Crippen molar-refractivity contribution in [2.75, 3.05) is 13.1 Å². The predicted molar refractivity (Wildman–Crippen MR) is 83.6 cm³/mol. The third kappa shape index (κ3) is 3.51. The van der Waals surface area contributed by atoms with Gasteiger partial charge in [-0.05, 0) is 52.9 Å². The molecule has 1 aliphatic heterocycles. The van der Waals surface area contributed by atoms with Crippen molar-refractivity contribution < 1.29 is 9.18 Å². The van der Waals surface area contributed by atoms with Crippen molar-refractivity contribution in [3.63, 3.8) is 0 Å². The van der Waals surface area contributed by atoms with Crippen LogP contribution in [0.5, 0.6) is 0 Å². The van der Waals surface area contributed by atoms with Gasteiger partial charge in [0.25, 0.3) is 5.91 Å². The number of nitrogens with two attached hydrogens (primary N) is 1. The normalized spacial score (nSPS) is 22.3. The molecular formula is C14H19BrClFN2O. The summed E-state index contributed by atoms with van der Waals surface area (Å²) in [6.07, 6.45) is 2.09. The van der Waals surface area contributed by atoms with Crippen molar-refractivity contribution in [3.05, 3.63) is 34.1 Å². The Hall–Kier alpha value is -0.650. The summed E-state index contributed by atoms with van der Waals surface area (Å²) in [6.45, 7) is 3.31. The van der Waals surface area contributed by atoms with E-state index in [-0.39, 0.29) is 30.2 Å². The molecule has 1 aromatic carbocycles. The molecule has 1 aromatic rings. The average molecular weight is 366 g/mol. The Morgan fingerprint density at radius 3 is 2.85 bits per heavy atom. The first-order valence-corrected chi connectivity index (χ1v) is 7.30. The Morgan fingerprint density at radius 1 is 1.55 bits per heavy atom. The third-order valence-corrected chi connectivity index (χ3v) is 4.39. The van der Waals surface area contributed by atoms with Gasteiger partial charge in [0.15, 0.2) is 0 Å². The second-order valence-electron chi connectivity index (χ2n) is 5.05. The van der Waals surface area contributed by atoms with Crippen LogP contribution in [0.25, 0.3) is 0 Å². The van der Waals surface area contributed by atoms with Crippen molar-refractivity contribution in [3.8, 4) is 0 Å². The van der Waals surface area contributed by atoms with Crippen molar-refractivity contribution in [2.45, 2.75) is 25.8 Å². The van der Waals surface area contributed by atoms with E-state index in [4.69, 9.17) is 5.73 Å². The van der Waals surface area contributed by atoms with Gasteiger partial charge in [-0.25, -0.2) is 4.39 Å². The molecule has 1 aliphatic rings. The van der Waals surface area contributed by atoms with E-state index in [0.717, 1.165) is 19.4 Å². The molecule has 2 rings (SSSR count). The zero-order chi connectivity index (χ0) is 14.0. The second-order valence-corrected chi connectivity index (χ2v) is 5.90. The fourth-order valence-corrected chi connectivity index (χ4v) is 3.03. The predicted octanol–water partition coefficient (Wildman–Crippen LogP) is 3.21. The summed E-state index contributed by atoms with van der Waals surface area (Å²) in [5.74, 6) is -0.0202. The average Bonchev–Trinajstić information content (AvgIpc) is 2.40. The minimum atomic E-state index is -0.362. The molecule has 20 heavy (non-hydrogen) atoms. The Morgan fingerprint density at radius 2 is 2.25 bits per heavy atom. The van der Waals surface area contributed by atoms with Gasteiger partial charge >= 0.3 is 0 Å². The van der Waals surface area contributed by atoms with Gasteiger partial charge in [0.1, 0.15) is 5.82 Å². The minimum Gasteiger partial charge on any atom is -0.334 e. The van der Waals surface area contributed by atoms with Crippen LogP contribution in [-0.4, -0.2) is 29.9 Å². The fourth-order valence-electron chi connectivity index (χ4n) is 2.66. The number of amides is 1. The van der Waals surface area contributed by atoms with E-state index in [1.807, 2.05) is 4.90 Å². The number of rotatable bonds is 2. The molecule has 3 nitrogen and oxygen atoms in total. The maximum Gasteiger partial charge on any atom is 0.254 e. The first kappa shape index (κ1) is 17.4. The molecule has 2 N–H and O–H groups in total. The highest BCUT2D eigenvalue weighted by Gasteiger charge is 2.31. The minimum absolute atomic E-state index is 0. The standard InChI is InChI=1S/C14H18BrFN2O.ClH/c1-9-3-2-6-18(13(9)8-17)14(19)10-4-5-12(16)11(15)7-10;/h4-5,7,9,13H,2-3,6,8,17H2,1H3;1H. The Balaban J connectivity index is 0.00000200. The highest BCUT2D eigenvalue weighted by Crippen LogP contribution is 2.25. The zero-order valence-corrected chi connectivity index (χ0v) is 13.7. The van der Waals surface area contributed by atoms with Gasteiger partial charge in [0.05, 0.1) is 4.47 Å². The molecule has 2 atom stereocenters. The van der Waals surface area contributed by atoms with Gasteiger partial charge in [0.2, 0.25) is 0 Å². The summed E-state index contributed by atoms with van der Waals surface area (Å²) >= 11 is 3.11. The lowest BCUT2D eigenvalue weighted by molar-refractivity contribution is 0.0532. The van der Waals surface area contributed by atoms with Gasteiger partial charge < -0.3 is 10.6 Å². The van der Waals surface area contributed by atoms with E-state index >= 15 is 0 Å². The highest BCUT2D eigenvalue weighted by atomic mass is 79.9. The number of hydrogen-bond acceptors (Lipinski definition) is 2. The van der Waals surface area contributed by atoms with Crippen molar-refractivity contribution in [2.24, 2.45) is 11.7 Å². The van der Waals surface area contributed by atoms with Gasteiger partial charge in [-0.3, -0.25) is 4.79 Å². The van der Waals surface area contributed by atoms with Gasteiger partial charge in [-0.15, -0.1) is 12.4 Å². The molecule has 1 saturated heterocycles. The van der Waals surface area contributed by atoms with Crippen LogP contribution < -0.4 is 5.73 Å². The number of carbonyl (C=O) groups excluding carboxylic acids is 1. The van der Waals surface area contributed by atoms with Crippen LogP contribution in [0.2, 0.25) is 0 Å². The van der Waals surface area contributed by atoms with E-state index in [0.29, 0.717) is 22.5 Å². The number of halogens is 3. The topological polar surface area (TPSA) is 46.3 Å². The molecule has 112 valence electrons. The molecule has 0 radical (unpaired) electrons. The molecule has 6 heteroatoms. The second kappa shape index (κ2) is 7.38. The summed E-state index contributed by atoms with van der Waals surface area (Å²) in [6, 6.07) is 4.44. The first-order chi connectivity index (χ1) is 9.04. The highest BCUT2D eigenvalue weighted by molar-refractivity contribution is 9.10. The number of likely N-dealkylation sites (tertiary alicyclic amines) is 1. The quantitative estimate of drug-likeness (QED) is 0.875. The van der Waals surface area contributed by atoms with Crippen molar-refractivity contribution >= 4 is 34.2 Å². The lowest BCUT2D eigenvalue weighted by atomic mass is 9.90. The number of piperidine rings is 1. The number of nitrogens with zero attached hydrogens (tertiary/aromatic N) is 1. The van der Waals surface area contributed by atoms with E-state index in [1.165, 1.54) is 18.2 Å². The van der Waals surface area contributed by atoms with Gasteiger partial charge in [-0.2, -0.15) is 0 Å². The van der Waals surface area contributed by atoms with E-state index in [1.54, 1.807) is 0 Å². The van der Waals surface area contributed by atoms with Gasteiger partial charge in [-0.1, -0.05) is 6.92 Å². The molecular weight excluding hydrogens is 347 g/mol. The van der Waals surface area contributed by atoms with Crippen LogP contribution in [0, 0.1) is 11.7 Å². The van der Waals surface area contributed by atoms with Gasteiger partial charge in [0, 0.05) is 24.7 Å². The summed E-state index contributed by atoms with van der Waals surface area (Å²) < 4.78 is 13.5. The van der Waals surface area contributed by atoms with E-state index in [2.05, 4.69) is 22.9 Å². The molecule has 1 heterocycles. The molecule has 0 aliphatic carbocycles. The van der Waals surface area contributed by atoms with Crippen LogP contribution in [0.4, 0.5) is 4.39 Å². The first-order valence-electron chi connectivity index (χ1n) is 6.50. The lowest BCUT2D eigenvalue weighted by Gasteiger charge is -2.39. The van der Waals surface area contributed by atoms with E-state index in [9.17, 15) is 9.18 Å². The number of carbonyl (C=O) groups is 1. The molecule has 1 fully saturated rings. The lowest BCUT2D eigenvalue weighted by Crippen LogP contribution is -2.51. The Labute approximate surface area is 133 Å². The molecule has 0 bridgehead atoms. The van der Waals surface area contributed by atoms with Crippen LogP contribution >= 0.6 is 28.3 Å². The fraction of sp³-hybridized carbons (Fsp3) is 0.500. The molecule has 0 saturated carbocycles. The Kier molecular flexibility index (Phi) is 6.43. The van der Waals surface area contributed by atoms with Crippen LogP contribution in [-0.2, 0) is 0 Å². The zero-order valence-electron chi connectivity index (χ0n) is 11.3. The molecule has 2 unspecified atom stereocenters. The SMILES string of the molecule is CC1CCCN(C(=O)c2ccc(F)c(Br)c2)C1CN.Cl. The maximum absolute atomic E-state index is 13.2.